The highest BCUT2D eigenvalue weighted by molar-refractivity contribution is 5.79. The van der Waals surface area contributed by atoms with Crippen LogP contribution in [-0.2, 0) is 13.0 Å². The number of aliphatic imine (C=N–C) groups is 1. The number of hydrogen-bond donors (Lipinski definition) is 2. The second-order valence-corrected chi connectivity index (χ2v) is 6.60. The van der Waals surface area contributed by atoms with Crippen molar-refractivity contribution in [1.82, 2.24) is 15.5 Å². The molecule has 0 spiro atoms. The molecule has 6 heteroatoms. The average Bonchev–Trinajstić information content (AvgIpc) is 3.17. The van der Waals surface area contributed by atoms with Gasteiger partial charge in [0.25, 0.3) is 0 Å². The first-order valence-electron chi connectivity index (χ1n) is 9.58. The molecule has 0 bridgehead atoms. The first-order valence-corrected chi connectivity index (χ1v) is 9.58. The van der Waals surface area contributed by atoms with Crippen LogP contribution in [0, 0.1) is 0 Å². The van der Waals surface area contributed by atoms with Gasteiger partial charge in [-0.25, -0.2) is 4.99 Å². The van der Waals surface area contributed by atoms with E-state index < -0.39 is 0 Å². The van der Waals surface area contributed by atoms with E-state index in [1.807, 2.05) is 24.3 Å². The summed E-state index contributed by atoms with van der Waals surface area (Å²) in [7, 11) is 4.14. The molecule has 0 saturated heterocycles. The molecule has 0 aliphatic carbocycles. The molecule has 0 aliphatic rings. The maximum Gasteiger partial charge on any atom is 0.191 e. The second-order valence-electron chi connectivity index (χ2n) is 6.60. The van der Waals surface area contributed by atoms with Crippen molar-refractivity contribution in [3.63, 3.8) is 0 Å². The summed E-state index contributed by atoms with van der Waals surface area (Å²) >= 11 is 0. The van der Waals surface area contributed by atoms with Gasteiger partial charge >= 0.3 is 0 Å². The molecule has 6 nitrogen and oxygen atoms in total. The van der Waals surface area contributed by atoms with Crippen LogP contribution in [0.2, 0.25) is 0 Å². The predicted molar refractivity (Wildman–Crippen MR) is 110 cm³/mol. The Balaban J connectivity index is 1.76. The number of nitrogens with zero attached hydrogens (tertiary/aromatic N) is 2. The maximum atomic E-state index is 5.77. The van der Waals surface area contributed by atoms with Crippen molar-refractivity contribution in [3.8, 4) is 5.75 Å². The number of furan rings is 1. The number of benzene rings is 1. The normalized spacial score (nSPS) is 11.6. The van der Waals surface area contributed by atoms with Crippen molar-refractivity contribution in [2.45, 2.75) is 26.3 Å². The zero-order valence-electron chi connectivity index (χ0n) is 16.7. The van der Waals surface area contributed by atoms with Gasteiger partial charge in [-0.05, 0) is 57.3 Å². The molecule has 27 heavy (non-hydrogen) atoms. The minimum absolute atomic E-state index is 0.622. The molecule has 0 unspecified atom stereocenters. The van der Waals surface area contributed by atoms with E-state index in [9.17, 15) is 0 Å². The lowest BCUT2D eigenvalue weighted by molar-refractivity contribution is 0.281. The molecular formula is C21H32N4O2. The van der Waals surface area contributed by atoms with Crippen LogP contribution < -0.4 is 15.4 Å². The largest absolute Gasteiger partial charge is 0.494 e. The van der Waals surface area contributed by atoms with Crippen LogP contribution in [0.25, 0.3) is 0 Å². The molecular weight excluding hydrogens is 340 g/mol. The Labute approximate surface area is 162 Å². The molecule has 148 valence electrons. The molecule has 1 aromatic carbocycles. The van der Waals surface area contributed by atoms with E-state index in [-0.39, 0.29) is 0 Å². The SMILES string of the molecule is CCNC(=NCc1ccc(OCCCN(C)C)cc1)NCCc1ccco1. The van der Waals surface area contributed by atoms with Crippen LogP contribution in [-0.4, -0.2) is 51.2 Å². The van der Waals surface area contributed by atoms with Crippen molar-refractivity contribution >= 4 is 5.96 Å². The van der Waals surface area contributed by atoms with E-state index in [1.165, 1.54) is 0 Å². The number of hydrogen-bond acceptors (Lipinski definition) is 4. The summed E-state index contributed by atoms with van der Waals surface area (Å²) in [5.74, 6) is 2.69. The van der Waals surface area contributed by atoms with Gasteiger partial charge in [0.2, 0.25) is 0 Å². The topological polar surface area (TPSA) is 62.0 Å². The Morgan fingerprint density at radius 1 is 1.15 bits per heavy atom. The lowest BCUT2D eigenvalue weighted by atomic mass is 10.2. The summed E-state index contributed by atoms with van der Waals surface area (Å²) in [5, 5.41) is 6.60. The van der Waals surface area contributed by atoms with Gasteiger partial charge in [-0.15, -0.1) is 0 Å². The standard InChI is InChI=1S/C21H32N4O2/c1-4-22-21(23-13-12-19-7-5-15-26-19)24-17-18-8-10-20(11-9-18)27-16-6-14-25(2)3/h5,7-11,15H,4,6,12-14,16-17H2,1-3H3,(H2,22,23,24). The van der Waals surface area contributed by atoms with Gasteiger partial charge in [0.1, 0.15) is 11.5 Å². The molecule has 1 aromatic heterocycles. The minimum Gasteiger partial charge on any atom is -0.494 e. The molecule has 2 aromatic rings. The third kappa shape index (κ3) is 8.64. The highest BCUT2D eigenvalue weighted by Crippen LogP contribution is 2.13. The smallest absolute Gasteiger partial charge is 0.191 e. The molecule has 0 saturated carbocycles. The van der Waals surface area contributed by atoms with E-state index in [2.05, 4.69) is 53.7 Å². The minimum atomic E-state index is 0.622. The lowest BCUT2D eigenvalue weighted by Gasteiger charge is -2.11. The second kappa shape index (κ2) is 12.0. The van der Waals surface area contributed by atoms with Gasteiger partial charge in [-0.2, -0.15) is 0 Å². The molecule has 0 amide bonds. The lowest BCUT2D eigenvalue weighted by Crippen LogP contribution is -2.38. The summed E-state index contributed by atoms with van der Waals surface area (Å²) in [6, 6.07) is 12.0. The number of guanidine groups is 1. The Hall–Kier alpha value is -2.47. The van der Waals surface area contributed by atoms with Gasteiger partial charge in [0.15, 0.2) is 5.96 Å². The van der Waals surface area contributed by atoms with Crippen LogP contribution in [0.15, 0.2) is 52.1 Å². The Morgan fingerprint density at radius 3 is 2.63 bits per heavy atom. The molecule has 0 fully saturated rings. The first-order chi connectivity index (χ1) is 13.2. The fourth-order valence-electron chi connectivity index (χ4n) is 2.53. The molecule has 2 rings (SSSR count). The van der Waals surface area contributed by atoms with Crippen molar-refractivity contribution in [2.24, 2.45) is 4.99 Å². The van der Waals surface area contributed by atoms with Gasteiger partial charge in [-0.3, -0.25) is 0 Å². The summed E-state index contributed by atoms with van der Waals surface area (Å²) in [6.45, 7) is 6.06. The third-order valence-corrected chi connectivity index (χ3v) is 3.95. The maximum absolute atomic E-state index is 5.77. The summed E-state index contributed by atoms with van der Waals surface area (Å²) < 4.78 is 11.1. The van der Waals surface area contributed by atoms with E-state index >= 15 is 0 Å². The van der Waals surface area contributed by atoms with Crippen molar-refractivity contribution in [2.75, 3.05) is 40.3 Å². The fraction of sp³-hybridized carbons (Fsp3) is 0.476. The van der Waals surface area contributed by atoms with E-state index in [0.29, 0.717) is 6.54 Å². The molecule has 0 radical (unpaired) electrons. The highest BCUT2D eigenvalue weighted by Gasteiger charge is 2.01. The van der Waals surface area contributed by atoms with E-state index in [4.69, 9.17) is 9.15 Å². The molecule has 0 atom stereocenters. The van der Waals surface area contributed by atoms with Gasteiger partial charge in [-0.1, -0.05) is 12.1 Å². The zero-order chi connectivity index (χ0) is 19.3. The van der Waals surface area contributed by atoms with Crippen LogP contribution in [0.3, 0.4) is 0 Å². The van der Waals surface area contributed by atoms with Crippen LogP contribution in [0.4, 0.5) is 0 Å². The summed E-state index contributed by atoms with van der Waals surface area (Å²) in [6.07, 6.45) is 3.55. The Morgan fingerprint density at radius 2 is 1.96 bits per heavy atom. The number of nitrogens with one attached hydrogen (secondary N) is 2. The van der Waals surface area contributed by atoms with Crippen LogP contribution in [0.5, 0.6) is 5.75 Å². The van der Waals surface area contributed by atoms with Crippen molar-refractivity contribution in [3.05, 3.63) is 54.0 Å². The Kier molecular flexibility index (Phi) is 9.27. The third-order valence-electron chi connectivity index (χ3n) is 3.95. The summed E-state index contributed by atoms with van der Waals surface area (Å²) in [5.41, 5.74) is 1.15. The van der Waals surface area contributed by atoms with E-state index in [1.54, 1.807) is 6.26 Å². The van der Waals surface area contributed by atoms with E-state index in [0.717, 1.165) is 62.1 Å². The van der Waals surface area contributed by atoms with Crippen LogP contribution in [0.1, 0.15) is 24.7 Å². The average molecular weight is 373 g/mol. The monoisotopic (exact) mass is 372 g/mol. The van der Waals surface area contributed by atoms with Crippen LogP contribution >= 0.6 is 0 Å². The van der Waals surface area contributed by atoms with Gasteiger partial charge in [0.05, 0.1) is 19.4 Å². The van der Waals surface area contributed by atoms with Crippen molar-refractivity contribution < 1.29 is 9.15 Å². The predicted octanol–water partition coefficient (Wildman–Crippen LogP) is 2.91. The van der Waals surface area contributed by atoms with Gasteiger partial charge in [0, 0.05) is 26.1 Å². The number of rotatable bonds is 11. The summed E-state index contributed by atoms with van der Waals surface area (Å²) in [4.78, 5) is 6.81. The fourth-order valence-corrected chi connectivity index (χ4v) is 2.53. The van der Waals surface area contributed by atoms with Gasteiger partial charge < -0.3 is 24.7 Å². The molecule has 1 heterocycles. The quantitative estimate of drug-likeness (QED) is 0.361. The number of ether oxygens (including phenoxy) is 1. The zero-order valence-corrected chi connectivity index (χ0v) is 16.7. The molecule has 2 N–H and O–H groups in total. The Bertz CT molecular complexity index is 651. The van der Waals surface area contributed by atoms with Crippen molar-refractivity contribution in [1.29, 1.82) is 0 Å². The highest BCUT2D eigenvalue weighted by atomic mass is 16.5. The molecule has 0 aliphatic heterocycles. The first kappa shape index (κ1) is 20.8.